The van der Waals surface area contributed by atoms with E-state index in [1.54, 1.807) is 0 Å². The Morgan fingerprint density at radius 3 is 2.35 bits per heavy atom. The molecule has 0 aromatic heterocycles. The molecular weight excluding hydrogens is 374 g/mol. The molecule has 1 aromatic carbocycles. The molecule has 1 aromatic rings. The number of hydrogen-bond donors (Lipinski definition) is 1. The fraction of sp³-hybridized carbons (Fsp3) is 0.357. The van der Waals surface area contributed by atoms with Crippen molar-refractivity contribution in [1.29, 1.82) is 0 Å². The number of amides is 1. The van der Waals surface area contributed by atoms with Gasteiger partial charge in [0.2, 0.25) is 11.7 Å². The van der Waals surface area contributed by atoms with Gasteiger partial charge in [0.25, 0.3) is 0 Å². The Morgan fingerprint density at radius 1 is 1.17 bits per heavy atom. The maximum atomic E-state index is 12.0. The molecule has 0 spiro atoms. The molecule has 0 saturated heterocycles. The molecule has 0 unspecified atom stereocenters. The van der Waals surface area contributed by atoms with Crippen molar-refractivity contribution in [2.75, 3.05) is 16.8 Å². The van der Waals surface area contributed by atoms with Gasteiger partial charge in [-0.25, -0.2) is 0 Å². The first-order valence-electron chi connectivity index (χ1n) is 6.46. The second kappa shape index (κ2) is 9.39. The van der Waals surface area contributed by atoms with Gasteiger partial charge in [0.15, 0.2) is 0 Å². The number of hydrogen-bond acceptors (Lipinski definition) is 3. The largest absolute Gasteiger partial charge is 0.450 e. The van der Waals surface area contributed by atoms with Crippen LogP contribution in [0.15, 0.2) is 18.2 Å². The van der Waals surface area contributed by atoms with Crippen molar-refractivity contribution >= 4 is 52.3 Å². The molecule has 0 bridgehead atoms. The van der Waals surface area contributed by atoms with Crippen molar-refractivity contribution in [3.05, 3.63) is 34.7 Å². The van der Waals surface area contributed by atoms with Crippen LogP contribution in [0.5, 0.6) is 0 Å². The summed E-state index contributed by atoms with van der Waals surface area (Å²) in [4.78, 5) is 22.3. The highest BCUT2D eigenvalue weighted by molar-refractivity contribution is 7.99. The quantitative estimate of drug-likeness (QED) is 0.653. The van der Waals surface area contributed by atoms with Gasteiger partial charge in [-0.15, -0.1) is 0 Å². The first-order chi connectivity index (χ1) is 10.7. The third kappa shape index (κ3) is 8.48. The number of nitrogens with one attached hydrogen (secondary N) is 1. The molecular formula is C14H13Cl2F3NO2S. The molecule has 23 heavy (non-hydrogen) atoms. The zero-order valence-corrected chi connectivity index (χ0v) is 14.1. The van der Waals surface area contributed by atoms with Crippen LogP contribution in [-0.2, 0) is 9.59 Å². The summed E-state index contributed by atoms with van der Waals surface area (Å²) in [5.74, 6) is -2.35. The molecule has 1 rings (SSSR count). The Bertz CT molecular complexity index is 547. The van der Waals surface area contributed by atoms with Crippen molar-refractivity contribution in [3.8, 4) is 0 Å². The topological polar surface area (TPSA) is 46.2 Å². The Hall–Kier alpha value is -0.920. The number of Topliss-reactive ketones (excluding diaryl/α,β-unsaturated/α-hetero) is 1. The molecule has 1 radical (unpaired) electrons. The molecule has 0 aliphatic rings. The van der Waals surface area contributed by atoms with Gasteiger partial charge in [0.1, 0.15) is 0 Å². The minimum Gasteiger partial charge on any atom is -0.326 e. The Kier molecular flexibility index (Phi) is 8.22. The summed E-state index contributed by atoms with van der Waals surface area (Å²) in [6, 6.07) is 4.61. The fourth-order valence-corrected chi connectivity index (χ4v) is 2.87. The lowest BCUT2D eigenvalue weighted by Crippen LogP contribution is -2.24. The lowest BCUT2D eigenvalue weighted by molar-refractivity contribution is -0.167. The highest BCUT2D eigenvalue weighted by Gasteiger charge is 2.37. The third-order valence-corrected chi connectivity index (χ3v) is 3.98. The normalized spacial score (nSPS) is 11.3. The van der Waals surface area contributed by atoms with Crippen LogP contribution in [0, 0.1) is 6.42 Å². The third-order valence-electron chi connectivity index (χ3n) is 2.50. The fourth-order valence-electron chi connectivity index (χ4n) is 1.48. The molecule has 3 nitrogen and oxygen atoms in total. The van der Waals surface area contributed by atoms with E-state index in [4.69, 9.17) is 23.2 Å². The second-order valence-corrected chi connectivity index (χ2v) is 6.45. The summed E-state index contributed by atoms with van der Waals surface area (Å²) in [5.41, 5.74) is 0.453. The summed E-state index contributed by atoms with van der Waals surface area (Å²) < 4.78 is 35.9. The molecule has 0 atom stereocenters. The number of carbonyl (C=O) groups is 2. The van der Waals surface area contributed by atoms with Gasteiger partial charge in [-0.3, -0.25) is 9.59 Å². The van der Waals surface area contributed by atoms with Gasteiger partial charge in [-0.2, -0.15) is 24.9 Å². The number of thioether (sulfide) groups is 1. The van der Waals surface area contributed by atoms with Crippen LogP contribution in [0.3, 0.4) is 0 Å². The van der Waals surface area contributed by atoms with Gasteiger partial charge < -0.3 is 5.32 Å². The summed E-state index contributed by atoms with van der Waals surface area (Å²) in [6.07, 6.45) is -2.54. The van der Waals surface area contributed by atoms with Crippen LogP contribution < -0.4 is 5.32 Å². The van der Waals surface area contributed by atoms with Gasteiger partial charge in [-0.1, -0.05) is 23.2 Å². The van der Waals surface area contributed by atoms with Gasteiger partial charge in [-0.05, 0) is 36.8 Å². The standard InChI is InChI=1S/C14H13Cl2F3NO2S/c15-9-5-10(16)7-11(6-9)20-13(22)3-1-2-4-23-8-12(21)14(17,18)19/h3,5-7H,1-2,4,8H2,(H,20,22). The number of rotatable bonds is 8. The summed E-state index contributed by atoms with van der Waals surface area (Å²) in [5, 5.41) is 3.35. The van der Waals surface area contributed by atoms with Crippen molar-refractivity contribution in [2.24, 2.45) is 0 Å². The minimum atomic E-state index is -4.78. The zero-order valence-electron chi connectivity index (χ0n) is 11.8. The van der Waals surface area contributed by atoms with Crippen molar-refractivity contribution in [2.45, 2.75) is 19.0 Å². The maximum Gasteiger partial charge on any atom is 0.450 e. The number of anilines is 1. The number of alkyl halides is 3. The van der Waals surface area contributed by atoms with E-state index in [1.807, 2.05) is 0 Å². The summed E-state index contributed by atoms with van der Waals surface area (Å²) in [7, 11) is 0. The molecule has 9 heteroatoms. The Balaban J connectivity index is 2.18. The first-order valence-corrected chi connectivity index (χ1v) is 8.37. The number of unbranched alkanes of at least 4 members (excludes halogenated alkanes) is 1. The summed E-state index contributed by atoms with van der Waals surface area (Å²) in [6.45, 7) is 0. The van der Waals surface area contributed by atoms with Gasteiger partial charge in [0, 0.05) is 22.2 Å². The molecule has 1 amide bonds. The predicted octanol–water partition coefficient (Wildman–Crippen LogP) is 4.78. The average molecular weight is 387 g/mol. The van der Waals surface area contributed by atoms with Gasteiger partial charge >= 0.3 is 6.18 Å². The van der Waals surface area contributed by atoms with Crippen LogP contribution in [0.2, 0.25) is 10.0 Å². The van der Waals surface area contributed by atoms with E-state index in [-0.39, 0.29) is 5.91 Å². The highest BCUT2D eigenvalue weighted by Crippen LogP contribution is 2.23. The number of carbonyl (C=O) groups excluding carboxylic acids is 2. The first kappa shape index (κ1) is 20.1. The molecule has 1 N–H and O–H groups in total. The van der Waals surface area contributed by atoms with Crippen LogP contribution in [0.1, 0.15) is 12.8 Å². The van der Waals surface area contributed by atoms with Crippen molar-refractivity contribution in [3.63, 3.8) is 0 Å². The average Bonchev–Trinajstić information content (AvgIpc) is 2.40. The highest BCUT2D eigenvalue weighted by atomic mass is 35.5. The maximum absolute atomic E-state index is 12.0. The van der Waals surface area contributed by atoms with Gasteiger partial charge in [0.05, 0.1) is 5.75 Å². The number of ketones is 1. The predicted molar refractivity (Wildman–Crippen MR) is 87.0 cm³/mol. The molecule has 0 aliphatic carbocycles. The lowest BCUT2D eigenvalue weighted by atomic mass is 10.2. The van der Waals surface area contributed by atoms with E-state index >= 15 is 0 Å². The molecule has 127 valence electrons. The second-order valence-electron chi connectivity index (χ2n) is 4.47. The number of benzene rings is 1. The smallest absolute Gasteiger partial charge is 0.326 e. The SMILES string of the molecule is O=C([CH]CCCSCC(=O)C(F)(F)F)Nc1cc(Cl)cc(Cl)c1. The van der Waals surface area contributed by atoms with Crippen molar-refractivity contribution in [1.82, 2.24) is 0 Å². The van der Waals surface area contributed by atoms with E-state index in [0.717, 1.165) is 11.8 Å². The molecule has 0 aliphatic heterocycles. The Labute approximate surface area is 145 Å². The van der Waals surface area contributed by atoms with Crippen LogP contribution in [0.25, 0.3) is 0 Å². The van der Waals surface area contributed by atoms with Crippen LogP contribution in [0.4, 0.5) is 18.9 Å². The monoisotopic (exact) mass is 386 g/mol. The van der Waals surface area contributed by atoms with E-state index in [1.165, 1.54) is 24.6 Å². The van der Waals surface area contributed by atoms with Crippen LogP contribution >= 0.6 is 35.0 Å². The van der Waals surface area contributed by atoms with Crippen molar-refractivity contribution < 1.29 is 22.8 Å². The minimum absolute atomic E-state index is 0.356. The summed E-state index contributed by atoms with van der Waals surface area (Å²) >= 11 is 12.5. The Morgan fingerprint density at radius 2 is 1.78 bits per heavy atom. The molecule has 0 saturated carbocycles. The zero-order chi connectivity index (χ0) is 17.5. The van der Waals surface area contributed by atoms with Crippen LogP contribution in [-0.4, -0.2) is 29.4 Å². The van der Waals surface area contributed by atoms with E-state index in [0.29, 0.717) is 34.3 Å². The lowest BCUT2D eigenvalue weighted by Gasteiger charge is -2.06. The molecule has 0 fully saturated rings. The van der Waals surface area contributed by atoms with E-state index in [9.17, 15) is 22.8 Å². The molecule has 0 heterocycles. The number of halogens is 5. The van der Waals surface area contributed by atoms with E-state index < -0.39 is 17.7 Å². The van der Waals surface area contributed by atoms with E-state index in [2.05, 4.69) is 5.32 Å².